The molecule has 2 aromatic heterocycles. The van der Waals surface area contributed by atoms with E-state index >= 15 is 0 Å². The maximum atomic E-state index is 13.9. The van der Waals surface area contributed by atoms with E-state index in [0.29, 0.717) is 29.4 Å². The van der Waals surface area contributed by atoms with Crippen LogP contribution in [-0.2, 0) is 17.9 Å². The van der Waals surface area contributed by atoms with Crippen molar-refractivity contribution in [3.63, 3.8) is 0 Å². The van der Waals surface area contributed by atoms with Gasteiger partial charge in [0.2, 0.25) is 5.91 Å². The zero-order valence-corrected chi connectivity index (χ0v) is 20.7. The summed E-state index contributed by atoms with van der Waals surface area (Å²) in [5.74, 6) is 0.533. The molecule has 2 aliphatic rings. The molecule has 0 unspecified atom stereocenters. The first-order valence-corrected chi connectivity index (χ1v) is 12.7. The van der Waals surface area contributed by atoms with E-state index in [1.807, 2.05) is 48.7 Å². The first-order valence-electron chi connectivity index (χ1n) is 12.3. The molecule has 3 aromatic rings. The lowest BCUT2D eigenvalue weighted by molar-refractivity contribution is -0.134. The van der Waals surface area contributed by atoms with Crippen molar-refractivity contribution in [2.24, 2.45) is 0 Å². The van der Waals surface area contributed by atoms with Gasteiger partial charge in [-0.1, -0.05) is 55.8 Å². The standard InChI is InChI=1S/C27H32ClN3O3/c1-18-14-22-24(34-18)15-23-25(32)31(16-19-10-12-20(28)13-11-19)27(2,17-30(22)23)26(33)29-21-8-6-4-3-5-7-9-21/h10-15,21H,3-9,16-17H2,1-2H3,(H,29,33)/t27-/m1/s1. The van der Waals surface area contributed by atoms with Crippen LogP contribution in [0.5, 0.6) is 0 Å². The number of nitrogens with zero attached hydrogens (tertiary/aromatic N) is 2. The van der Waals surface area contributed by atoms with E-state index in [1.54, 1.807) is 11.0 Å². The van der Waals surface area contributed by atoms with Crippen LogP contribution in [0, 0.1) is 6.92 Å². The van der Waals surface area contributed by atoms with Gasteiger partial charge in [0.25, 0.3) is 5.91 Å². The Kier molecular flexibility index (Phi) is 6.19. The lowest BCUT2D eigenvalue weighted by Crippen LogP contribution is -2.64. The molecule has 0 spiro atoms. The van der Waals surface area contributed by atoms with Gasteiger partial charge in [0, 0.05) is 29.7 Å². The van der Waals surface area contributed by atoms with Crippen molar-refractivity contribution in [3.8, 4) is 0 Å². The molecule has 1 atom stereocenters. The summed E-state index contributed by atoms with van der Waals surface area (Å²) < 4.78 is 7.75. The normalized spacial score (nSPS) is 21.9. The summed E-state index contributed by atoms with van der Waals surface area (Å²) in [6, 6.07) is 11.3. The number of carbonyl (C=O) groups excluding carboxylic acids is 2. The Bertz CT molecular complexity index is 1200. The molecule has 1 aromatic carbocycles. The maximum Gasteiger partial charge on any atom is 0.271 e. The SMILES string of the molecule is Cc1cc2c(cc3n2C[C@](C)(C(=O)NC2CCCCCCC2)N(Cc2ccc(Cl)cc2)C3=O)o1. The van der Waals surface area contributed by atoms with E-state index in [1.165, 1.54) is 19.3 Å². The highest BCUT2D eigenvalue weighted by Crippen LogP contribution is 2.35. The smallest absolute Gasteiger partial charge is 0.271 e. The average molecular weight is 482 g/mol. The number of benzene rings is 1. The topological polar surface area (TPSA) is 67.5 Å². The molecule has 0 radical (unpaired) electrons. The molecule has 1 saturated carbocycles. The molecule has 0 bridgehead atoms. The number of nitrogens with one attached hydrogen (secondary N) is 1. The van der Waals surface area contributed by atoms with E-state index in [0.717, 1.165) is 42.5 Å². The zero-order chi connectivity index (χ0) is 23.9. The van der Waals surface area contributed by atoms with Crippen LogP contribution in [0.4, 0.5) is 0 Å². The minimum atomic E-state index is -1.04. The summed E-state index contributed by atoms with van der Waals surface area (Å²) in [6.07, 6.45) is 7.96. The largest absolute Gasteiger partial charge is 0.460 e. The highest BCUT2D eigenvalue weighted by atomic mass is 35.5. The number of furan rings is 1. The molecule has 1 aliphatic heterocycles. The first-order chi connectivity index (χ1) is 16.3. The Hall–Kier alpha value is -2.73. The number of halogens is 1. The minimum absolute atomic E-state index is 0.0897. The van der Waals surface area contributed by atoms with Gasteiger partial charge in [0.15, 0.2) is 5.58 Å². The van der Waals surface area contributed by atoms with Crippen molar-refractivity contribution in [1.29, 1.82) is 0 Å². The molecule has 6 nitrogen and oxygen atoms in total. The molecule has 5 rings (SSSR count). The predicted molar refractivity (Wildman–Crippen MR) is 133 cm³/mol. The number of aromatic nitrogens is 1. The Labute approximate surface area is 205 Å². The van der Waals surface area contributed by atoms with Gasteiger partial charge in [-0.15, -0.1) is 0 Å². The number of amides is 2. The van der Waals surface area contributed by atoms with Crippen LogP contribution in [0.25, 0.3) is 11.1 Å². The fourth-order valence-corrected chi connectivity index (χ4v) is 5.55. The van der Waals surface area contributed by atoms with E-state index in [-0.39, 0.29) is 17.9 Å². The van der Waals surface area contributed by atoms with Crippen molar-refractivity contribution in [1.82, 2.24) is 14.8 Å². The summed E-state index contributed by atoms with van der Waals surface area (Å²) in [6.45, 7) is 4.49. The first kappa shape index (κ1) is 23.0. The quantitative estimate of drug-likeness (QED) is 0.509. The second-order valence-corrected chi connectivity index (χ2v) is 10.5. The van der Waals surface area contributed by atoms with Gasteiger partial charge in [-0.2, -0.15) is 0 Å². The monoisotopic (exact) mass is 481 g/mol. The van der Waals surface area contributed by atoms with Gasteiger partial charge in [0.05, 0.1) is 12.1 Å². The number of rotatable bonds is 4. The van der Waals surface area contributed by atoms with E-state index in [4.69, 9.17) is 16.0 Å². The van der Waals surface area contributed by atoms with Gasteiger partial charge in [0.1, 0.15) is 17.0 Å². The summed E-state index contributed by atoms with van der Waals surface area (Å²) >= 11 is 6.08. The second-order valence-electron chi connectivity index (χ2n) is 10.0. The fourth-order valence-electron chi connectivity index (χ4n) is 5.42. The van der Waals surface area contributed by atoms with Crippen molar-refractivity contribution >= 4 is 34.5 Å². The molecule has 0 saturated heterocycles. The molecule has 7 heteroatoms. The molecule has 34 heavy (non-hydrogen) atoms. The number of hydrogen-bond donors (Lipinski definition) is 1. The summed E-state index contributed by atoms with van der Waals surface area (Å²) in [5.41, 5.74) is 1.98. The third kappa shape index (κ3) is 4.24. The highest BCUT2D eigenvalue weighted by Gasteiger charge is 2.48. The van der Waals surface area contributed by atoms with Crippen molar-refractivity contribution < 1.29 is 14.0 Å². The zero-order valence-electron chi connectivity index (χ0n) is 19.9. The summed E-state index contributed by atoms with van der Waals surface area (Å²) in [4.78, 5) is 29.4. The van der Waals surface area contributed by atoms with Crippen LogP contribution in [0.2, 0.25) is 5.02 Å². The lowest BCUT2D eigenvalue weighted by atomic mass is 9.91. The molecule has 3 heterocycles. The maximum absolute atomic E-state index is 13.9. The summed E-state index contributed by atoms with van der Waals surface area (Å²) in [7, 11) is 0. The Morgan fingerprint density at radius 1 is 1.12 bits per heavy atom. The van der Waals surface area contributed by atoms with Crippen molar-refractivity contribution in [2.75, 3.05) is 0 Å². The molecule has 1 aliphatic carbocycles. The Morgan fingerprint density at radius 3 is 2.50 bits per heavy atom. The van der Waals surface area contributed by atoms with Crippen molar-refractivity contribution in [2.45, 2.75) is 83.5 Å². The van der Waals surface area contributed by atoms with Crippen molar-refractivity contribution in [3.05, 3.63) is 58.4 Å². The van der Waals surface area contributed by atoms with E-state index in [2.05, 4.69) is 5.32 Å². The number of carbonyl (C=O) groups is 2. The number of hydrogen-bond acceptors (Lipinski definition) is 3. The molecule has 2 amide bonds. The lowest BCUT2D eigenvalue weighted by Gasteiger charge is -2.44. The van der Waals surface area contributed by atoms with Gasteiger partial charge in [-0.3, -0.25) is 9.59 Å². The van der Waals surface area contributed by atoms with Gasteiger partial charge in [-0.25, -0.2) is 0 Å². The van der Waals surface area contributed by atoms with Crippen LogP contribution in [0.1, 0.15) is 73.7 Å². The molecule has 180 valence electrons. The molecule has 1 fully saturated rings. The summed E-state index contributed by atoms with van der Waals surface area (Å²) in [5, 5.41) is 3.97. The highest BCUT2D eigenvalue weighted by molar-refractivity contribution is 6.30. The van der Waals surface area contributed by atoms with E-state index in [9.17, 15) is 9.59 Å². The second kappa shape index (κ2) is 9.14. The molecular weight excluding hydrogens is 450 g/mol. The van der Waals surface area contributed by atoms with Crippen LogP contribution in [0.15, 0.2) is 40.8 Å². The Morgan fingerprint density at radius 2 is 1.79 bits per heavy atom. The number of aryl methyl sites for hydroxylation is 1. The third-order valence-corrected chi connectivity index (χ3v) is 7.67. The molecule has 1 N–H and O–H groups in total. The third-order valence-electron chi connectivity index (χ3n) is 7.42. The van der Waals surface area contributed by atoms with Crippen LogP contribution < -0.4 is 5.32 Å². The molecular formula is C27H32ClN3O3. The van der Waals surface area contributed by atoms with Crippen LogP contribution in [-0.4, -0.2) is 32.9 Å². The Balaban J connectivity index is 1.50. The predicted octanol–water partition coefficient (Wildman–Crippen LogP) is 5.84. The van der Waals surface area contributed by atoms with Gasteiger partial charge < -0.3 is 19.2 Å². The fraction of sp³-hybridized carbons (Fsp3) is 0.481. The van der Waals surface area contributed by atoms with Gasteiger partial charge >= 0.3 is 0 Å². The van der Waals surface area contributed by atoms with Gasteiger partial charge in [-0.05, 0) is 44.4 Å². The van der Waals surface area contributed by atoms with Crippen LogP contribution in [0.3, 0.4) is 0 Å². The minimum Gasteiger partial charge on any atom is -0.460 e. The number of fused-ring (bicyclic) bond motifs is 3. The average Bonchev–Trinajstić information content (AvgIpc) is 3.31. The van der Waals surface area contributed by atoms with E-state index < -0.39 is 5.54 Å². The van der Waals surface area contributed by atoms with Crippen LogP contribution >= 0.6 is 11.6 Å².